The van der Waals surface area contributed by atoms with Crippen LogP contribution in [0.3, 0.4) is 0 Å². The molecule has 2 aliphatic rings. The summed E-state index contributed by atoms with van der Waals surface area (Å²) in [5, 5.41) is 9.08. The van der Waals surface area contributed by atoms with Crippen molar-refractivity contribution in [1.82, 2.24) is 15.9 Å². The number of carbonyl (C=O) groups is 1. The van der Waals surface area contributed by atoms with E-state index in [0.717, 1.165) is 17.3 Å². The van der Waals surface area contributed by atoms with Gasteiger partial charge in [-0.25, -0.2) is 10.9 Å². The Kier molecular flexibility index (Phi) is 4.30. The first-order valence-corrected chi connectivity index (χ1v) is 9.72. The van der Waals surface area contributed by atoms with Gasteiger partial charge in [0, 0.05) is 17.1 Å². The predicted molar refractivity (Wildman–Crippen MR) is 98.5 cm³/mol. The van der Waals surface area contributed by atoms with Crippen molar-refractivity contribution in [3.05, 3.63) is 57.8 Å². The number of amides is 1. The second-order valence-corrected chi connectivity index (χ2v) is 7.83. The summed E-state index contributed by atoms with van der Waals surface area (Å²) in [6, 6.07) is 12.5. The second-order valence-electron chi connectivity index (χ2n) is 5.90. The number of benzene rings is 1. The van der Waals surface area contributed by atoms with Gasteiger partial charge in [-0.05, 0) is 29.5 Å². The Morgan fingerprint density at radius 1 is 1.33 bits per heavy atom. The molecule has 24 heavy (non-hydrogen) atoms. The highest BCUT2D eigenvalue weighted by Crippen LogP contribution is 2.33. The first-order valence-electron chi connectivity index (χ1n) is 7.86. The van der Waals surface area contributed by atoms with E-state index >= 15 is 0 Å². The Labute approximate surface area is 149 Å². The number of hydrogen-bond donors (Lipinski definition) is 2. The molecule has 7 heteroatoms. The van der Waals surface area contributed by atoms with Gasteiger partial charge in [0.1, 0.15) is 6.04 Å². The molecule has 1 saturated heterocycles. The summed E-state index contributed by atoms with van der Waals surface area (Å²) in [4.78, 5) is 13.4. The second kappa shape index (κ2) is 6.58. The summed E-state index contributed by atoms with van der Waals surface area (Å²) in [6.07, 6.45) is 0.760. The minimum Gasteiger partial charge on any atom is -0.272 e. The number of thioether (sulfide) groups is 1. The van der Waals surface area contributed by atoms with Crippen molar-refractivity contribution in [2.45, 2.75) is 31.2 Å². The Bertz CT molecular complexity index is 775. The lowest BCUT2D eigenvalue weighted by molar-refractivity contribution is -0.125. The number of hydrazine groups is 1. The van der Waals surface area contributed by atoms with Crippen LogP contribution < -0.4 is 10.9 Å². The van der Waals surface area contributed by atoms with Crippen molar-refractivity contribution in [3.8, 4) is 0 Å². The number of amidine groups is 1. The van der Waals surface area contributed by atoms with Gasteiger partial charge >= 0.3 is 0 Å². The molecule has 5 nitrogen and oxygen atoms in total. The zero-order valence-electron chi connectivity index (χ0n) is 13.2. The number of nitrogens with zero attached hydrogens (tertiary/aromatic N) is 2. The van der Waals surface area contributed by atoms with Gasteiger partial charge in [0.15, 0.2) is 5.17 Å². The van der Waals surface area contributed by atoms with Crippen LogP contribution in [0.2, 0.25) is 0 Å². The summed E-state index contributed by atoms with van der Waals surface area (Å²) in [7, 11) is 0. The molecule has 3 heterocycles. The number of aryl methyl sites for hydroxylation is 1. The SMILES string of the molecule is Cc1ccccc1CSC1=NNC(=O)C2CC(c3cccs3)NN12. The fourth-order valence-electron chi connectivity index (χ4n) is 2.97. The molecule has 2 aromatic rings. The van der Waals surface area contributed by atoms with E-state index in [9.17, 15) is 4.79 Å². The number of fused-ring (bicyclic) bond motifs is 1. The molecule has 0 spiro atoms. The molecule has 1 aromatic carbocycles. The van der Waals surface area contributed by atoms with Crippen molar-refractivity contribution in [1.29, 1.82) is 0 Å². The third-order valence-electron chi connectivity index (χ3n) is 4.34. The van der Waals surface area contributed by atoms with E-state index in [0.29, 0.717) is 0 Å². The number of hydrogen-bond acceptors (Lipinski definition) is 6. The Morgan fingerprint density at radius 3 is 3.00 bits per heavy atom. The van der Waals surface area contributed by atoms with Gasteiger partial charge in [0.25, 0.3) is 5.91 Å². The van der Waals surface area contributed by atoms with E-state index in [1.54, 1.807) is 23.1 Å². The number of hydrazone groups is 1. The minimum atomic E-state index is -0.200. The molecule has 2 unspecified atom stereocenters. The highest BCUT2D eigenvalue weighted by Gasteiger charge is 2.42. The van der Waals surface area contributed by atoms with Crippen molar-refractivity contribution in [2.75, 3.05) is 0 Å². The highest BCUT2D eigenvalue weighted by molar-refractivity contribution is 8.13. The van der Waals surface area contributed by atoms with E-state index < -0.39 is 0 Å². The topological polar surface area (TPSA) is 56.7 Å². The fraction of sp³-hybridized carbons (Fsp3) is 0.294. The molecular weight excluding hydrogens is 340 g/mol. The summed E-state index contributed by atoms with van der Waals surface area (Å²) >= 11 is 3.36. The van der Waals surface area contributed by atoms with E-state index in [2.05, 4.69) is 52.5 Å². The van der Waals surface area contributed by atoms with Gasteiger partial charge in [-0.2, -0.15) is 0 Å². The molecule has 2 N–H and O–H groups in total. The maximum absolute atomic E-state index is 12.2. The van der Waals surface area contributed by atoms with E-state index in [1.165, 1.54) is 16.0 Å². The van der Waals surface area contributed by atoms with Crippen LogP contribution in [0, 0.1) is 6.92 Å². The van der Waals surface area contributed by atoms with Crippen LogP contribution in [0.1, 0.15) is 28.5 Å². The molecule has 2 atom stereocenters. The maximum Gasteiger partial charge on any atom is 0.264 e. The molecule has 0 radical (unpaired) electrons. The molecule has 2 aliphatic heterocycles. The summed E-state index contributed by atoms with van der Waals surface area (Å²) in [6.45, 7) is 2.12. The van der Waals surface area contributed by atoms with Gasteiger partial charge < -0.3 is 0 Å². The third-order valence-corrected chi connectivity index (χ3v) is 6.33. The Morgan fingerprint density at radius 2 is 2.21 bits per heavy atom. The van der Waals surface area contributed by atoms with E-state index in [4.69, 9.17) is 0 Å². The van der Waals surface area contributed by atoms with Crippen molar-refractivity contribution in [2.24, 2.45) is 5.10 Å². The largest absolute Gasteiger partial charge is 0.272 e. The van der Waals surface area contributed by atoms with Gasteiger partial charge in [-0.3, -0.25) is 9.80 Å². The number of carbonyl (C=O) groups excluding carboxylic acids is 1. The molecule has 1 aromatic heterocycles. The standard InChI is InChI=1S/C17H18N4OS2/c1-11-5-2-3-6-12(11)10-24-17-19-18-16(22)14-9-13(20-21(14)17)15-7-4-8-23-15/h2-8,13-14,20H,9-10H2,1H3,(H,18,22). The summed E-state index contributed by atoms with van der Waals surface area (Å²) in [5.74, 6) is 0.789. The molecule has 0 bridgehead atoms. The molecule has 4 rings (SSSR count). The lowest BCUT2D eigenvalue weighted by Crippen LogP contribution is -2.52. The van der Waals surface area contributed by atoms with Crippen molar-refractivity contribution < 1.29 is 4.79 Å². The average Bonchev–Trinajstić information content (AvgIpc) is 3.25. The fourth-order valence-corrected chi connectivity index (χ4v) is 4.79. The Hall–Kier alpha value is -1.83. The molecule has 0 aliphatic carbocycles. The molecule has 124 valence electrons. The van der Waals surface area contributed by atoms with E-state index in [1.807, 2.05) is 17.1 Å². The number of thiophene rings is 1. The predicted octanol–water partition coefficient (Wildman–Crippen LogP) is 3.01. The zero-order valence-corrected chi connectivity index (χ0v) is 14.9. The third kappa shape index (κ3) is 2.94. The van der Waals surface area contributed by atoms with Crippen LogP contribution in [0.15, 0.2) is 46.9 Å². The van der Waals surface area contributed by atoms with Crippen LogP contribution in [-0.2, 0) is 10.5 Å². The van der Waals surface area contributed by atoms with Crippen LogP contribution in [0.4, 0.5) is 0 Å². The molecule has 1 amide bonds. The number of nitrogens with one attached hydrogen (secondary N) is 2. The lowest BCUT2D eigenvalue weighted by atomic mass is 10.1. The van der Waals surface area contributed by atoms with Crippen molar-refractivity contribution in [3.63, 3.8) is 0 Å². The number of rotatable bonds is 3. The van der Waals surface area contributed by atoms with Crippen LogP contribution in [0.25, 0.3) is 0 Å². The van der Waals surface area contributed by atoms with Crippen LogP contribution in [-0.4, -0.2) is 22.1 Å². The van der Waals surface area contributed by atoms with Gasteiger partial charge in [-0.15, -0.1) is 16.4 Å². The monoisotopic (exact) mass is 358 g/mol. The zero-order chi connectivity index (χ0) is 16.5. The molecule has 0 saturated carbocycles. The van der Waals surface area contributed by atoms with Crippen LogP contribution >= 0.6 is 23.1 Å². The minimum absolute atomic E-state index is 0.0400. The maximum atomic E-state index is 12.2. The lowest BCUT2D eigenvalue weighted by Gasteiger charge is -2.29. The highest BCUT2D eigenvalue weighted by atomic mass is 32.2. The first kappa shape index (κ1) is 15.7. The van der Waals surface area contributed by atoms with Gasteiger partial charge in [0.2, 0.25) is 0 Å². The molecule has 1 fully saturated rings. The summed E-state index contributed by atoms with van der Waals surface area (Å²) < 4.78 is 0. The normalized spacial score (nSPS) is 23.0. The van der Waals surface area contributed by atoms with E-state index in [-0.39, 0.29) is 18.0 Å². The smallest absolute Gasteiger partial charge is 0.264 e. The Balaban J connectivity index is 1.49. The average molecular weight is 358 g/mol. The molecular formula is C17H18N4OS2. The quantitative estimate of drug-likeness (QED) is 0.886. The first-order chi connectivity index (χ1) is 11.7. The summed E-state index contributed by atoms with van der Waals surface area (Å²) in [5.41, 5.74) is 8.68. The van der Waals surface area contributed by atoms with Crippen LogP contribution in [0.5, 0.6) is 0 Å². The van der Waals surface area contributed by atoms with Crippen molar-refractivity contribution >= 4 is 34.2 Å². The van der Waals surface area contributed by atoms with Gasteiger partial charge in [0.05, 0.1) is 6.04 Å². The van der Waals surface area contributed by atoms with Gasteiger partial charge in [-0.1, -0.05) is 42.1 Å².